The topological polar surface area (TPSA) is 93.7 Å². The van der Waals surface area contributed by atoms with Crippen LogP contribution in [0.1, 0.15) is 22.0 Å². The molecule has 1 unspecified atom stereocenters. The average Bonchev–Trinajstić information content (AvgIpc) is 3.07. The third kappa shape index (κ3) is 4.96. The van der Waals surface area contributed by atoms with E-state index in [1.807, 2.05) is 6.07 Å². The van der Waals surface area contributed by atoms with Crippen molar-refractivity contribution in [3.05, 3.63) is 69.9 Å². The Morgan fingerprint density at radius 3 is 2.64 bits per heavy atom. The van der Waals surface area contributed by atoms with Crippen molar-refractivity contribution >= 4 is 40.8 Å². The molecule has 3 rings (SSSR count). The van der Waals surface area contributed by atoms with Gasteiger partial charge in [0.15, 0.2) is 6.10 Å². The Morgan fingerprint density at radius 2 is 1.89 bits per heavy atom. The fraction of sp³-hybridized carbons (Fsp3) is 0.167. The molecule has 0 spiro atoms. The second-order valence-corrected chi connectivity index (χ2v) is 6.82. The zero-order chi connectivity index (χ0) is 20.1. The number of carbonyl (C=O) groups excluding carboxylic acids is 3. The van der Waals surface area contributed by atoms with Crippen LogP contribution >= 0.6 is 15.9 Å². The van der Waals surface area contributed by atoms with Crippen LogP contribution in [0.2, 0.25) is 0 Å². The van der Waals surface area contributed by atoms with Crippen molar-refractivity contribution in [2.24, 2.45) is 0 Å². The molecule has 28 heavy (non-hydrogen) atoms. The van der Waals surface area contributed by atoms with Gasteiger partial charge in [0.2, 0.25) is 5.91 Å². The van der Waals surface area contributed by atoms with Crippen LogP contribution in [-0.2, 0) is 18.9 Å². The number of nitrogens with one attached hydrogen (secondary N) is 2. The van der Waals surface area contributed by atoms with Crippen LogP contribution < -0.4 is 10.6 Å². The predicted octanol–water partition coefficient (Wildman–Crippen LogP) is 1.78. The van der Waals surface area contributed by atoms with Gasteiger partial charge in [0.1, 0.15) is 5.82 Å². The summed E-state index contributed by atoms with van der Waals surface area (Å²) in [6.07, 6.45) is -0.919. The summed E-state index contributed by atoms with van der Waals surface area (Å²) in [5.74, 6) is -2.49. The molecule has 1 aliphatic heterocycles. The van der Waals surface area contributed by atoms with Gasteiger partial charge in [0.05, 0.1) is 18.6 Å². The number of hydrogen-bond donors (Lipinski definition) is 2. The second kappa shape index (κ2) is 8.98. The zero-order valence-electron chi connectivity index (χ0n) is 14.5. The number of benzene rings is 2. The highest BCUT2D eigenvalue weighted by Gasteiger charge is 2.40. The molecule has 1 saturated heterocycles. The lowest BCUT2D eigenvalue weighted by Crippen LogP contribution is -2.42. The first-order valence-corrected chi connectivity index (χ1v) is 9.14. The van der Waals surface area contributed by atoms with E-state index in [-0.39, 0.29) is 18.6 Å². The van der Waals surface area contributed by atoms with E-state index in [1.54, 1.807) is 24.3 Å². The Balaban J connectivity index is 1.45. The summed E-state index contributed by atoms with van der Waals surface area (Å²) in [7, 11) is -0.931. The molecule has 144 valence electrons. The van der Waals surface area contributed by atoms with E-state index in [0.29, 0.717) is 10.0 Å². The van der Waals surface area contributed by atoms with Crippen molar-refractivity contribution in [1.29, 1.82) is 0 Å². The third-order valence-electron chi connectivity index (χ3n) is 3.90. The second-order valence-electron chi connectivity index (χ2n) is 5.90. The van der Waals surface area contributed by atoms with Crippen molar-refractivity contribution < 1.29 is 28.1 Å². The van der Waals surface area contributed by atoms with Crippen LogP contribution in [0.5, 0.6) is 0 Å². The van der Waals surface area contributed by atoms with E-state index in [0.717, 1.165) is 6.07 Å². The first kappa shape index (κ1) is 20.0. The van der Waals surface area contributed by atoms with Gasteiger partial charge in [-0.2, -0.15) is 0 Å². The molecule has 2 amide bonds. The highest BCUT2D eigenvalue weighted by atomic mass is 79.9. The molecule has 7 nitrogen and oxygen atoms in total. The maximum absolute atomic E-state index is 13.7. The minimum Gasteiger partial charge on any atom is -0.506 e. The molecule has 2 aromatic carbocycles. The molecule has 1 atom stereocenters. The van der Waals surface area contributed by atoms with E-state index in [9.17, 15) is 18.8 Å². The highest BCUT2D eigenvalue weighted by Crippen LogP contribution is 2.25. The van der Waals surface area contributed by atoms with Gasteiger partial charge in [0.25, 0.3) is 5.91 Å². The summed E-state index contributed by atoms with van der Waals surface area (Å²) in [4.78, 5) is 35.8. The van der Waals surface area contributed by atoms with Gasteiger partial charge in [-0.1, -0.05) is 46.3 Å². The minimum atomic E-state index is -0.931. The van der Waals surface area contributed by atoms with Crippen LogP contribution in [0.3, 0.4) is 0 Å². The molecule has 1 heterocycles. The SMILES string of the molecule is O=C(CNC(=O)c1cc(Br)ccc1F)NCB1OC(=O)C(c2ccccc2)O1. The van der Waals surface area contributed by atoms with Gasteiger partial charge in [-0.15, -0.1) is 0 Å². The number of hydrogen-bond acceptors (Lipinski definition) is 5. The van der Waals surface area contributed by atoms with E-state index in [2.05, 4.69) is 26.6 Å². The van der Waals surface area contributed by atoms with Gasteiger partial charge in [0, 0.05) is 4.47 Å². The molecule has 10 heteroatoms. The highest BCUT2D eigenvalue weighted by molar-refractivity contribution is 9.10. The Bertz CT molecular complexity index is 899. The number of halogens is 2. The van der Waals surface area contributed by atoms with E-state index in [1.165, 1.54) is 12.1 Å². The van der Waals surface area contributed by atoms with Crippen molar-refractivity contribution in [3.8, 4) is 0 Å². The van der Waals surface area contributed by atoms with Crippen molar-refractivity contribution in [1.82, 2.24) is 10.6 Å². The molecule has 0 bridgehead atoms. The maximum atomic E-state index is 13.7. The number of rotatable bonds is 6. The standard InChI is InChI=1S/C18H15BBrFN2O5/c20-12-6-7-14(21)13(8-12)17(25)22-9-15(24)23-10-19-27-16(18(26)28-19)11-4-2-1-3-5-11/h1-8,16H,9-10H2,(H,22,25)(H,23,24). The van der Waals surface area contributed by atoms with Crippen LogP contribution in [0.4, 0.5) is 4.39 Å². The molecule has 1 aliphatic rings. The lowest BCUT2D eigenvalue weighted by atomic mass is 9.91. The van der Waals surface area contributed by atoms with Gasteiger partial charge in [-0.3, -0.25) is 14.4 Å². The predicted molar refractivity (Wildman–Crippen MR) is 102 cm³/mol. The molecule has 1 fully saturated rings. The third-order valence-corrected chi connectivity index (χ3v) is 4.39. The van der Waals surface area contributed by atoms with Gasteiger partial charge >= 0.3 is 13.1 Å². The Labute approximate surface area is 168 Å². The molecule has 0 aliphatic carbocycles. The lowest BCUT2D eigenvalue weighted by molar-refractivity contribution is -0.136. The van der Waals surface area contributed by atoms with Crippen LogP contribution in [-0.4, -0.2) is 37.9 Å². The molecule has 0 radical (unpaired) electrons. The first-order chi connectivity index (χ1) is 13.4. The molecular weight excluding hydrogens is 434 g/mol. The fourth-order valence-corrected chi connectivity index (χ4v) is 2.91. The summed E-state index contributed by atoms with van der Waals surface area (Å²) < 4.78 is 24.8. The summed E-state index contributed by atoms with van der Waals surface area (Å²) in [5, 5.41) is 4.82. The van der Waals surface area contributed by atoms with Crippen molar-refractivity contribution in [2.75, 3.05) is 13.0 Å². The number of amides is 2. The van der Waals surface area contributed by atoms with Crippen LogP contribution in [0.15, 0.2) is 53.0 Å². The van der Waals surface area contributed by atoms with Gasteiger partial charge in [-0.05, 0) is 23.8 Å². The molecule has 2 aromatic rings. The Kier molecular flexibility index (Phi) is 6.43. The van der Waals surface area contributed by atoms with Crippen molar-refractivity contribution in [2.45, 2.75) is 6.10 Å². The largest absolute Gasteiger partial charge is 0.548 e. The monoisotopic (exact) mass is 448 g/mol. The van der Waals surface area contributed by atoms with Crippen molar-refractivity contribution in [3.63, 3.8) is 0 Å². The molecule has 0 saturated carbocycles. The maximum Gasteiger partial charge on any atom is 0.548 e. The minimum absolute atomic E-state index is 0.0744. The first-order valence-electron chi connectivity index (χ1n) is 8.35. The fourth-order valence-electron chi connectivity index (χ4n) is 2.55. The van der Waals surface area contributed by atoms with Crippen LogP contribution in [0, 0.1) is 5.82 Å². The average molecular weight is 449 g/mol. The quantitative estimate of drug-likeness (QED) is 0.657. The normalized spacial score (nSPS) is 15.9. The number of carbonyl (C=O) groups is 3. The summed E-state index contributed by atoms with van der Waals surface area (Å²) >= 11 is 3.15. The Morgan fingerprint density at radius 1 is 1.14 bits per heavy atom. The summed E-state index contributed by atoms with van der Waals surface area (Å²) in [6.45, 7) is -0.367. The van der Waals surface area contributed by atoms with Crippen LogP contribution in [0.25, 0.3) is 0 Å². The van der Waals surface area contributed by atoms with Gasteiger partial charge < -0.3 is 19.9 Å². The van der Waals surface area contributed by atoms with E-state index >= 15 is 0 Å². The van der Waals surface area contributed by atoms with Gasteiger partial charge in [-0.25, -0.2) is 4.39 Å². The zero-order valence-corrected chi connectivity index (χ0v) is 16.1. The van der Waals surface area contributed by atoms with E-state index < -0.39 is 36.8 Å². The molecule has 2 N–H and O–H groups in total. The lowest BCUT2D eigenvalue weighted by Gasteiger charge is -2.09. The van der Waals surface area contributed by atoms with E-state index in [4.69, 9.17) is 9.31 Å². The summed E-state index contributed by atoms with van der Waals surface area (Å²) in [5.41, 5.74) is 0.477. The Hall–Kier alpha value is -2.72. The summed E-state index contributed by atoms with van der Waals surface area (Å²) in [6, 6.07) is 12.8. The molecular formula is C18H15BBrFN2O5. The molecule has 0 aromatic heterocycles. The smallest absolute Gasteiger partial charge is 0.506 e.